The molecular weight excluding hydrogens is 347 g/mol. The number of fused-ring (bicyclic) bond motifs is 1. The number of methoxy groups -OCH3 is 1. The van der Waals surface area contributed by atoms with Crippen LogP contribution in [0.5, 0.6) is 11.9 Å². The summed E-state index contributed by atoms with van der Waals surface area (Å²) in [6.07, 6.45) is 1.63. The van der Waals surface area contributed by atoms with Gasteiger partial charge in [0.15, 0.2) is 0 Å². The van der Waals surface area contributed by atoms with Gasteiger partial charge in [0.2, 0.25) is 5.88 Å². The van der Waals surface area contributed by atoms with Gasteiger partial charge in [-0.1, -0.05) is 6.07 Å². The smallest absolute Gasteiger partial charge is 0.316 e. The Hall–Kier alpha value is -3.48. The zero-order chi connectivity index (χ0) is 18.8. The summed E-state index contributed by atoms with van der Waals surface area (Å²) in [4.78, 5) is 8.54. The van der Waals surface area contributed by atoms with Gasteiger partial charge in [0.25, 0.3) is 0 Å². The highest BCUT2D eigenvalue weighted by Gasteiger charge is 2.20. The molecule has 0 bridgehead atoms. The Kier molecular flexibility index (Phi) is 4.42. The summed E-state index contributed by atoms with van der Waals surface area (Å²) in [7, 11) is 1.52. The predicted molar refractivity (Wildman–Crippen MR) is 99.3 cm³/mol. The number of halogens is 1. The Labute approximate surface area is 155 Å². The van der Waals surface area contributed by atoms with E-state index < -0.39 is 0 Å². The second-order valence-corrected chi connectivity index (χ2v) is 5.75. The molecule has 0 atom stereocenters. The fourth-order valence-electron chi connectivity index (χ4n) is 2.94. The van der Waals surface area contributed by atoms with Crippen LogP contribution in [0.25, 0.3) is 28.0 Å². The average molecular weight is 364 g/mol. The van der Waals surface area contributed by atoms with Crippen LogP contribution in [0.4, 0.5) is 4.39 Å². The monoisotopic (exact) mass is 364 g/mol. The third kappa shape index (κ3) is 3.08. The molecule has 3 aromatic heterocycles. The summed E-state index contributed by atoms with van der Waals surface area (Å²) in [6.45, 7) is 2.43. The molecule has 0 fully saturated rings. The van der Waals surface area contributed by atoms with Crippen LogP contribution in [0, 0.1) is 5.82 Å². The number of aromatic nitrogens is 4. The fourth-order valence-corrected chi connectivity index (χ4v) is 2.94. The number of hydrogen-bond donors (Lipinski definition) is 0. The van der Waals surface area contributed by atoms with Crippen molar-refractivity contribution in [2.45, 2.75) is 6.92 Å². The predicted octanol–water partition coefficient (Wildman–Crippen LogP) is 4.00. The second kappa shape index (κ2) is 7.03. The highest BCUT2D eigenvalue weighted by molar-refractivity contribution is 5.91. The zero-order valence-corrected chi connectivity index (χ0v) is 14.9. The fraction of sp³-hybridized carbons (Fsp3) is 0.150. The van der Waals surface area contributed by atoms with Gasteiger partial charge in [-0.05, 0) is 43.3 Å². The van der Waals surface area contributed by atoms with Crippen molar-refractivity contribution < 1.29 is 13.9 Å². The maximum absolute atomic E-state index is 13.4. The molecule has 136 valence electrons. The van der Waals surface area contributed by atoms with Crippen molar-refractivity contribution in [3.8, 4) is 34.4 Å². The lowest BCUT2D eigenvalue weighted by molar-refractivity contribution is 0.318. The summed E-state index contributed by atoms with van der Waals surface area (Å²) in [5.74, 6) is 0.313. The van der Waals surface area contributed by atoms with Crippen molar-refractivity contribution in [3.63, 3.8) is 0 Å². The lowest BCUT2D eigenvalue weighted by atomic mass is 10.0. The lowest BCUT2D eigenvalue weighted by Crippen LogP contribution is -1.99. The minimum atomic E-state index is -0.303. The van der Waals surface area contributed by atoms with E-state index in [1.807, 2.05) is 25.1 Å². The van der Waals surface area contributed by atoms with Gasteiger partial charge in [0.1, 0.15) is 11.5 Å². The Morgan fingerprint density at radius 1 is 1.07 bits per heavy atom. The molecule has 4 aromatic rings. The van der Waals surface area contributed by atoms with Crippen molar-refractivity contribution in [1.82, 2.24) is 19.6 Å². The van der Waals surface area contributed by atoms with Crippen LogP contribution in [0.1, 0.15) is 6.92 Å². The molecule has 1 aromatic carbocycles. The van der Waals surface area contributed by atoms with Crippen molar-refractivity contribution in [3.05, 3.63) is 60.5 Å². The molecule has 4 rings (SSSR count). The molecule has 0 aliphatic heterocycles. The summed E-state index contributed by atoms with van der Waals surface area (Å²) < 4.78 is 26.0. The van der Waals surface area contributed by atoms with E-state index in [9.17, 15) is 4.39 Å². The maximum atomic E-state index is 13.4. The molecule has 0 aliphatic carbocycles. The van der Waals surface area contributed by atoms with E-state index in [1.165, 1.54) is 19.2 Å². The zero-order valence-electron chi connectivity index (χ0n) is 14.9. The van der Waals surface area contributed by atoms with Crippen LogP contribution in [-0.4, -0.2) is 33.3 Å². The van der Waals surface area contributed by atoms with Crippen molar-refractivity contribution >= 4 is 5.52 Å². The third-order valence-electron chi connectivity index (χ3n) is 4.10. The first-order valence-electron chi connectivity index (χ1n) is 8.49. The van der Waals surface area contributed by atoms with Crippen LogP contribution in [-0.2, 0) is 0 Å². The number of hydrogen-bond acceptors (Lipinski definition) is 5. The van der Waals surface area contributed by atoms with Gasteiger partial charge in [-0.25, -0.2) is 9.37 Å². The van der Waals surface area contributed by atoms with Gasteiger partial charge in [-0.3, -0.25) is 0 Å². The highest BCUT2D eigenvalue weighted by atomic mass is 19.1. The molecule has 0 spiro atoms. The normalized spacial score (nSPS) is 10.9. The largest absolute Gasteiger partial charge is 0.478 e. The average Bonchev–Trinajstić information content (AvgIpc) is 3.09. The standard InChI is InChI=1S/C20H17FN4O2/c1-3-27-17-6-4-5-16-18(15-11-12-22-20(23-15)26-2)19(24-25(16)17)13-7-9-14(21)10-8-13/h4-12H,3H2,1-2H3. The number of ether oxygens (including phenoxy) is 2. The number of pyridine rings is 1. The van der Waals surface area contributed by atoms with Gasteiger partial charge in [0.05, 0.1) is 30.5 Å². The Morgan fingerprint density at radius 2 is 1.89 bits per heavy atom. The molecule has 0 aliphatic rings. The molecule has 0 amide bonds. The van der Waals surface area contributed by atoms with E-state index in [0.29, 0.717) is 23.9 Å². The van der Waals surface area contributed by atoms with Gasteiger partial charge in [-0.2, -0.15) is 14.6 Å². The Balaban J connectivity index is 2.02. The molecular formula is C20H17FN4O2. The first kappa shape index (κ1) is 17.0. The molecule has 27 heavy (non-hydrogen) atoms. The van der Waals surface area contributed by atoms with E-state index in [2.05, 4.69) is 9.97 Å². The molecule has 6 nitrogen and oxygen atoms in total. The van der Waals surface area contributed by atoms with E-state index in [1.54, 1.807) is 28.9 Å². The van der Waals surface area contributed by atoms with Crippen LogP contribution in [0.3, 0.4) is 0 Å². The third-order valence-corrected chi connectivity index (χ3v) is 4.10. The SMILES string of the molecule is CCOc1cccc2c(-c3ccnc(OC)n3)c(-c3ccc(F)cc3)nn12. The van der Waals surface area contributed by atoms with Crippen molar-refractivity contribution in [1.29, 1.82) is 0 Å². The first-order chi connectivity index (χ1) is 13.2. The minimum Gasteiger partial charge on any atom is -0.478 e. The van der Waals surface area contributed by atoms with E-state index >= 15 is 0 Å². The summed E-state index contributed by atoms with van der Waals surface area (Å²) in [5.41, 5.74) is 3.72. The van der Waals surface area contributed by atoms with Gasteiger partial charge in [0, 0.05) is 17.8 Å². The topological polar surface area (TPSA) is 61.5 Å². The lowest BCUT2D eigenvalue weighted by Gasteiger charge is -2.06. The summed E-state index contributed by atoms with van der Waals surface area (Å²) in [6, 6.07) is 13.9. The number of benzene rings is 1. The minimum absolute atomic E-state index is 0.262. The summed E-state index contributed by atoms with van der Waals surface area (Å²) in [5, 5.41) is 4.73. The van der Waals surface area contributed by atoms with Crippen LogP contribution < -0.4 is 9.47 Å². The van der Waals surface area contributed by atoms with Gasteiger partial charge in [-0.15, -0.1) is 0 Å². The van der Waals surface area contributed by atoms with Crippen LogP contribution in [0.15, 0.2) is 54.7 Å². The van der Waals surface area contributed by atoms with Gasteiger partial charge < -0.3 is 9.47 Å². The summed E-state index contributed by atoms with van der Waals surface area (Å²) >= 11 is 0. The highest BCUT2D eigenvalue weighted by Crippen LogP contribution is 2.36. The van der Waals surface area contributed by atoms with Gasteiger partial charge >= 0.3 is 6.01 Å². The Bertz CT molecular complexity index is 1090. The molecule has 0 N–H and O–H groups in total. The maximum Gasteiger partial charge on any atom is 0.316 e. The number of nitrogens with zero attached hydrogens (tertiary/aromatic N) is 4. The van der Waals surface area contributed by atoms with Crippen molar-refractivity contribution in [2.75, 3.05) is 13.7 Å². The van der Waals surface area contributed by atoms with Crippen molar-refractivity contribution in [2.24, 2.45) is 0 Å². The molecule has 0 unspecified atom stereocenters. The van der Waals surface area contributed by atoms with E-state index in [-0.39, 0.29) is 11.8 Å². The second-order valence-electron chi connectivity index (χ2n) is 5.75. The number of rotatable bonds is 5. The first-order valence-corrected chi connectivity index (χ1v) is 8.49. The molecule has 0 saturated heterocycles. The van der Waals surface area contributed by atoms with E-state index in [4.69, 9.17) is 14.6 Å². The van der Waals surface area contributed by atoms with Crippen LogP contribution >= 0.6 is 0 Å². The molecule has 7 heteroatoms. The Morgan fingerprint density at radius 3 is 2.63 bits per heavy atom. The molecule has 0 radical (unpaired) electrons. The van der Waals surface area contributed by atoms with Crippen LogP contribution in [0.2, 0.25) is 0 Å². The molecule has 3 heterocycles. The van der Waals surface area contributed by atoms with E-state index in [0.717, 1.165) is 16.6 Å². The quantitative estimate of drug-likeness (QED) is 0.536. The molecule has 0 saturated carbocycles.